The third kappa shape index (κ3) is 3.75. The van der Waals surface area contributed by atoms with Gasteiger partial charge in [0.1, 0.15) is 0 Å². The summed E-state index contributed by atoms with van der Waals surface area (Å²) in [7, 11) is 0. The van der Waals surface area contributed by atoms with Crippen LogP contribution in [0.1, 0.15) is 38.3 Å². The largest absolute Gasteiger partial charge is 0.307 e. The Morgan fingerprint density at radius 2 is 1.76 bits per heavy atom. The lowest BCUT2D eigenvalue weighted by atomic mass is 9.94. The summed E-state index contributed by atoms with van der Waals surface area (Å²) in [5.41, 5.74) is 1.43. The molecule has 1 unspecified atom stereocenters. The molecule has 1 saturated heterocycles. The van der Waals surface area contributed by atoms with Crippen molar-refractivity contribution >= 4 is 11.8 Å². The molecule has 0 bridgehead atoms. The Labute approximate surface area is 109 Å². The summed E-state index contributed by atoms with van der Waals surface area (Å²) in [6.45, 7) is 4.62. The van der Waals surface area contributed by atoms with Crippen LogP contribution in [0.15, 0.2) is 30.3 Å². The monoisotopic (exact) mass is 249 g/mol. The van der Waals surface area contributed by atoms with Crippen molar-refractivity contribution in [3.05, 3.63) is 35.9 Å². The van der Waals surface area contributed by atoms with Gasteiger partial charge in [0, 0.05) is 12.1 Å². The SMILES string of the molecule is CC(C)C(NC1CCSCC1)c1ccccc1. The van der Waals surface area contributed by atoms with E-state index in [1.165, 1.54) is 29.9 Å². The van der Waals surface area contributed by atoms with Crippen LogP contribution in [-0.4, -0.2) is 17.5 Å². The van der Waals surface area contributed by atoms with Crippen molar-refractivity contribution in [2.75, 3.05) is 11.5 Å². The summed E-state index contributed by atoms with van der Waals surface area (Å²) in [4.78, 5) is 0. The molecule has 0 aromatic heterocycles. The van der Waals surface area contributed by atoms with Gasteiger partial charge in [-0.05, 0) is 35.8 Å². The zero-order valence-electron chi connectivity index (χ0n) is 10.9. The molecule has 94 valence electrons. The van der Waals surface area contributed by atoms with E-state index in [0.29, 0.717) is 18.0 Å². The minimum absolute atomic E-state index is 0.504. The maximum atomic E-state index is 3.86. The topological polar surface area (TPSA) is 12.0 Å². The Morgan fingerprint density at radius 3 is 2.35 bits per heavy atom. The zero-order chi connectivity index (χ0) is 12.1. The van der Waals surface area contributed by atoms with Crippen LogP contribution in [0.25, 0.3) is 0 Å². The molecule has 0 amide bonds. The van der Waals surface area contributed by atoms with Crippen LogP contribution in [0.5, 0.6) is 0 Å². The van der Waals surface area contributed by atoms with Crippen molar-refractivity contribution in [2.45, 2.75) is 38.8 Å². The van der Waals surface area contributed by atoms with Crippen LogP contribution < -0.4 is 5.32 Å². The smallest absolute Gasteiger partial charge is 0.0345 e. The first-order valence-electron chi connectivity index (χ1n) is 6.66. The molecule has 1 aliphatic heterocycles. The molecular formula is C15H23NS. The lowest BCUT2D eigenvalue weighted by molar-refractivity contribution is 0.346. The minimum atomic E-state index is 0.504. The van der Waals surface area contributed by atoms with Gasteiger partial charge in [-0.3, -0.25) is 0 Å². The van der Waals surface area contributed by atoms with Crippen molar-refractivity contribution < 1.29 is 0 Å². The van der Waals surface area contributed by atoms with Crippen molar-refractivity contribution in [3.8, 4) is 0 Å². The minimum Gasteiger partial charge on any atom is -0.307 e. The van der Waals surface area contributed by atoms with E-state index in [2.05, 4.69) is 61.3 Å². The van der Waals surface area contributed by atoms with Gasteiger partial charge in [0.25, 0.3) is 0 Å². The van der Waals surface area contributed by atoms with Crippen LogP contribution in [0.3, 0.4) is 0 Å². The van der Waals surface area contributed by atoms with Crippen LogP contribution >= 0.6 is 11.8 Å². The van der Waals surface area contributed by atoms with Crippen molar-refractivity contribution in [2.24, 2.45) is 5.92 Å². The summed E-state index contributed by atoms with van der Waals surface area (Å²) in [5.74, 6) is 3.28. The van der Waals surface area contributed by atoms with Gasteiger partial charge in [0.05, 0.1) is 0 Å². The Kier molecular flexibility index (Phi) is 4.93. The molecule has 17 heavy (non-hydrogen) atoms. The van der Waals surface area contributed by atoms with Gasteiger partial charge < -0.3 is 5.32 Å². The maximum absolute atomic E-state index is 3.86. The summed E-state index contributed by atoms with van der Waals surface area (Å²) < 4.78 is 0. The Bertz CT molecular complexity index is 317. The first kappa shape index (κ1) is 13.0. The molecule has 1 fully saturated rings. The van der Waals surface area contributed by atoms with E-state index in [1.807, 2.05) is 0 Å². The van der Waals surface area contributed by atoms with Gasteiger partial charge in [-0.2, -0.15) is 11.8 Å². The number of benzene rings is 1. The Balaban J connectivity index is 2.02. The lowest BCUT2D eigenvalue weighted by Crippen LogP contribution is -2.37. The lowest BCUT2D eigenvalue weighted by Gasteiger charge is -2.31. The molecule has 0 spiro atoms. The Morgan fingerprint density at radius 1 is 1.12 bits per heavy atom. The van der Waals surface area contributed by atoms with Crippen LogP contribution in [-0.2, 0) is 0 Å². The second-order valence-electron chi connectivity index (χ2n) is 5.19. The van der Waals surface area contributed by atoms with Crippen LogP contribution in [0.4, 0.5) is 0 Å². The summed E-state index contributed by atoms with van der Waals surface area (Å²) in [6.07, 6.45) is 2.64. The predicted molar refractivity (Wildman–Crippen MR) is 77.5 cm³/mol. The highest BCUT2D eigenvalue weighted by Gasteiger charge is 2.21. The van der Waals surface area contributed by atoms with E-state index in [0.717, 1.165) is 0 Å². The fourth-order valence-corrected chi connectivity index (χ4v) is 3.56. The third-order valence-electron chi connectivity index (χ3n) is 3.46. The molecule has 0 saturated carbocycles. The van der Waals surface area contributed by atoms with Gasteiger partial charge in [0.2, 0.25) is 0 Å². The number of rotatable bonds is 4. The average molecular weight is 249 g/mol. The first-order chi connectivity index (χ1) is 8.27. The molecule has 1 heterocycles. The van der Waals surface area contributed by atoms with Crippen molar-refractivity contribution in [3.63, 3.8) is 0 Å². The number of thioether (sulfide) groups is 1. The zero-order valence-corrected chi connectivity index (χ0v) is 11.7. The average Bonchev–Trinajstić information content (AvgIpc) is 2.38. The van der Waals surface area contributed by atoms with Gasteiger partial charge in [-0.1, -0.05) is 44.2 Å². The van der Waals surface area contributed by atoms with Crippen molar-refractivity contribution in [1.82, 2.24) is 5.32 Å². The fraction of sp³-hybridized carbons (Fsp3) is 0.600. The van der Waals surface area contributed by atoms with E-state index < -0.39 is 0 Å². The molecule has 1 N–H and O–H groups in total. The molecule has 1 aliphatic rings. The normalized spacial score (nSPS) is 19.5. The van der Waals surface area contributed by atoms with Gasteiger partial charge >= 0.3 is 0 Å². The predicted octanol–water partition coefficient (Wildman–Crippen LogP) is 3.87. The second-order valence-corrected chi connectivity index (χ2v) is 6.41. The molecule has 0 radical (unpaired) electrons. The van der Waals surface area contributed by atoms with Gasteiger partial charge in [0.15, 0.2) is 0 Å². The standard InChI is InChI=1S/C15H23NS/c1-12(2)15(13-6-4-3-5-7-13)16-14-8-10-17-11-9-14/h3-7,12,14-16H,8-11H2,1-2H3. The molecule has 2 heteroatoms. The van der Waals surface area contributed by atoms with E-state index in [-0.39, 0.29) is 0 Å². The molecule has 1 aromatic carbocycles. The summed E-state index contributed by atoms with van der Waals surface area (Å²) in [6, 6.07) is 12.1. The molecule has 1 nitrogen and oxygen atoms in total. The third-order valence-corrected chi connectivity index (χ3v) is 4.51. The molecule has 1 aromatic rings. The number of hydrogen-bond donors (Lipinski definition) is 1. The maximum Gasteiger partial charge on any atom is 0.0345 e. The van der Waals surface area contributed by atoms with Crippen LogP contribution in [0.2, 0.25) is 0 Å². The number of nitrogens with one attached hydrogen (secondary N) is 1. The molecule has 1 atom stereocenters. The van der Waals surface area contributed by atoms with E-state index in [1.54, 1.807) is 0 Å². The van der Waals surface area contributed by atoms with E-state index >= 15 is 0 Å². The summed E-state index contributed by atoms with van der Waals surface area (Å²) >= 11 is 2.09. The Hall–Kier alpha value is -0.470. The highest BCUT2D eigenvalue weighted by Crippen LogP contribution is 2.25. The fourth-order valence-electron chi connectivity index (χ4n) is 2.45. The molecular weight excluding hydrogens is 226 g/mol. The number of hydrogen-bond acceptors (Lipinski definition) is 2. The van der Waals surface area contributed by atoms with Gasteiger partial charge in [-0.15, -0.1) is 0 Å². The highest BCUT2D eigenvalue weighted by molar-refractivity contribution is 7.99. The van der Waals surface area contributed by atoms with E-state index in [9.17, 15) is 0 Å². The second kappa shape index (κ2) is 6.46. The first-order valence-corrected chi connectivity index (χ1v) is 7.81. The van der Waals surface area contributed by atoms with Crippen LogP contribution in [0, 0.1) is 5.92 Å². The van der Waals surface area contributed by atoms with E-state index in [4.69, 9.17) is 0 Å². The molecule has 0 aliphatic carbocycles. The van der Waals surface area contributed by atoms with Crippen molar-refractivity contribution in [1.29, 1.82) is 0 Å². The molecule has 2 rings (SSSR count). The highest BCUT2D eigenvalue weighted by atomic mass is 32.2. The van der Waals surface area contributed by atoms with Gasteiger partial charge in [-0.25, -0.2) is 0 Å². The summed E-state index contributed by atoms with van der Waals surface area (Å²) in [5, 5.41) is 3.86. The quantitative estimate of drug-likeness (QED) is 0.869.